The molecule has 1 fully saturated rings. The topological polar surface area (TPSA) is 33.0 Å². The smallest absolute Gasteiger partial charge is 0.166 e. The summed E-state index contributed by atoms with van der Waals surface area (Å²) in [5.41, 5.74) is 0.333. The van der Waals surface area contributed by atoms with Gasteiger partial charge in [0.2, 0.25) is 0 Å². The molecule has 0 N–H and O–H groups in total. The summed E-state index contributed by atoms with van der Waals surface area (Å²) in [7, 11) is 0. The van der Waals surface area contributed by atoms with Crippen LogP contribution in [0.5, 0.6) is 5.75 Å². The SMILES string of the molecule is CCCCCCCCC1CCCCC1CCCOc1ccc(C#N)cc1F. The lowest BCUT2D eigenvalue weighted by molar-refractivity contribution is 0.189. The molecular formula is C24H36FNO. The van der Waals surface area contributed by atoms with Gasteiger partial charge in [0.1, 0.15) is 0 Å². The highest BCUT2D eigenvalue weighted by Gasteiger charge is 2.24. The zero-order valence-corrected chi connectivity index (χ0v) is 17.0. The number of unbranched alkanes of at least 4 members (excludes halogenated alkanes) is 5. The van der Waals surface area contributed by atoms with Gasteiger partial charge in [-0.25, -0.2) is 4.39 Å². The predicted octanol–water partition coefficient (Wildman–Crippen LogP) is 7.41. The number of nitrogens with zero attached hydrogens (tertiary/aromatic N) is 1. The molecule has 1 aliphatic rings. The van der Waals surface area contributed by atoms with Crippen molar-refractivity contribution in [1.82, 2.24) is 0 Å². The van der Waals surface area contributed by atoms with Gasteiger partial charge < -0.3 is 4.74 Å². The third-order valence-electron chi connectivity index (χ3n) is 6.03. The van der Waals surface area contributed by atoms with E-state index in [9.17, 15) is 4.39 Å². The van der Waals surface area contributed by atoms with E-state index in [1.54, 1.807) is 12.1 Å². The summed E-state index contributed by atoms with van der Waals surface area (Å²) in [4.78, 5) is 0. The van der Waals surface area contributed by atoms with Gasteiger partial charge >= 0.3 is 0 Å². The second kappa shape index (κ2) is 12.8. The number of hydrogen-bond acceptors (Lipinski definition) is 2. The van der Waals surface area contributed by atoms with Crippen molar-refractivity contribution < 1.29 is 9.13 Å². The van der Waals surface area contributed by atoms with Crippen molar-refractivity contribution >= 4 is 0 Å². The third-order valence-corrected chi connectivity index (χ3v) is 6.03. The van der Waals surface area contributed by atoms with E-state index < -0.39 is 5.82 Å². The van der Waals surface area contributed by atoms with Crippen LogP contribution < -0.4 is 4.74 Å². The molecule has 0 saturated heterocycles. The average molecular weight is 374 g/mol. The molecule has 2 unspecified atom stereocenters. The lowest BCUT2D eigenvalue weighted by atomic mass is 9.74. The summed E-state index contributed by atoms with van der Waals surface area (Å²) in [6.07, 6.45) is 17.3. The van der Waals surface area contributed by atoms with Gasteiger partial charge in [-0.05, 0) is 42.9 Å². The van der Waals surface area contributed by atoms with Gasteiger partial charge in [-0.1, -0.05) is 77.6 Å². The van der Waals surface area contributed by atoms with Crippen LogP contribution in [-0.4, -0.2) is 6.61 Å². The van der Waals surface area contributed by atoms with E-state index in [4.69, 9.17) is 10.00 Å². The van der Waals surface area contributed by atoms with Gasteiger partial charge in [0.05, 0.1) is 18.2 Å². The van der Waals surface area contributed by atoms with E-state index in [2.05, 4.69) is 6.92 Å². The Morgan fingerprint density at radius 3 is 2.33 bits per heavy atom. The first-order valence-electron chi connectivity index (χ1n) is 11.1. The lowest BCUT2D eigenvalue weighted by Crippen LogP contribution is -2.20. The number of benzene rings is 1. The number of rotatable bonds is 12. The molecule has 0 bridgehead atoms. The molecule has 27 heavy (non-hydrogen) atoms. The highest BCUT2D eigenvalue weighted by atomic mass is 19.1. The zero-order valence-electron chi connectivity index (χ0n) is 17.0. The predicted molar refractivity (Wildman–Crippen MR) is 109 cm³/mol. The third kappa shape index (κ3) is 7.91. The maximum atomic E-state index is 13.9. The van der Waals surface area contributed by atoms with Gasteiger partial charge in [0.15, 0.2) is 11.6 Å². The summed E-state index contributed by atoms with van der Waals surface area (Å²) in [6.45, 7) is 2.83. The molecule has 1 aromatic carbocycles. The van der Waals surface area contributed by atoms with Gasteiger partial charge in [0.25, 0.3) is 0 Å². The summed E-state index contributed by atoms with van der Waals surface area (Å²) in [6, 6.07) is 6.36. The molecule has 0 spiro atoms. The molecule has 0 radical (unpaired) electrons. The van der Waals surface area contributed by atoms with Gasteiger partial charge in [-0.2, -0.15) is 5.26 Å². The van der Waals surface area contributed by atoms with Gasteiger partial charge in [0, 0.05) is 0 Å². The summed E-state index contributed by atoms with van der Waals surface area (Å²) in [5, 5.41) is 8.79. The minimum Gasteiger partial charge on any atom is -0.491 e. The van der Waals surface area contributed by atoms with E-state index in [0.29, 0.717) is 12.2 Å². The fourth-order valence-electron chi connectivity index (χ4n) is 4.45. The fraction of sp³-hybridized carbons (Fsp3) is 0.708. The Morgan fingerprint density at radius 1 is 1.00 bits per heavy atom. The van der Waals surface area contributed by atoms with Crippen molar-refractivity contribution in [3.05, 3.63) is 29.6 Å². The molecule has 3 heteroatoms. The standard InChI is InChI=1S/C24H36FNO/c1-2-3-4-5-6-7-11-21-12-8-9-13-22(21)14-10-17-27-24-16-15-20(19-26)18-23(24)25/h15-16,18,21-22H,2-14,17H2,1H3. The highest BCUT2D eigenvalue weighted by Crippen LogP contribution is 2.36. The zero-order chi connectivity index (χ0) is 19.3. The van der Waals surface area contributed by atoms with Crippen LogP contribution in [0.25, 0.3) is 0 Å². The maximum Gasteiger partial charge on any atom is 0.166 e. The van der Waals surface area contributed by atoms with Gasteiger partial charge in [-0.3, -0.25) is 0 Å². The largest absolute Gasteiger partial charge is 0.491 e. The van der Waals surface area contributed by atoms with E-state index in [1.165, 1.54) is 83.1 Å². The minimum atomic E-state index is -0.437. The van der Waals surface area contributed by atoms with Crippen LogP contribution in [-0.2, 0) is 0 Å². The first kappa shape index (κ1) is 21.7. The first-order valence-corrected chi connectivity index (χ1v) is 11.1. The van der Waals surface area contributed by atoms with Crippen LogP contribution in [0.1, 0.15) is 96.0 Å². The Labute approximate surface area is 165 Å². The van der Waals surface area contributed by atoms with Crippen molar-refractivity contribution in [2.75, 3.05) is 6.61 Å². The van der Waals surface area contributed by atoms with Crippen molar-refractivity contribution in [2.24, 2.45) is 11.8 Å². The van der Waals surface area contributed by atoms with Crippen LogP contribution in [0.4, 0.5) is 4.39 Å². The highest BCUT2D eigenvalue weighted by molar-refractivity contribution is 5.35. The van der Waals surface area contributed by atoms with Crippen LogP contribution >= 0.6 is 0 Å². The van der Waals surface area contributed by atoms with Crippen molar-refractivity contribution in [3.8, 4) is 11.8 Å². The Hall–Kier alpha value is -1.56. The molecule has 0 heterocycles. The maximum absolute atomic E-state index is 13.9. The first-order chi connectivity index (χ1) is 13.2. The average Bonchev–Trinajstić information content (AvgIpc) is 2.69. The molecule has 2 rings (SSSR count). The normalized spacial score (nSPS) is 19.6. The van der Waals surface area contributed by atoms with Crippen LogP contribution in [0.3, 0.4) is 0 Å². The second-order valence-electron chi connectivity index (χ2n) is 8.11. The van der Waals surface area contributed by atoms with Crippen molar-refractivity contribution in [3.63, 3.8) is 0 Å². The van der Waals surface area contributed by atoms with E-state index in [0.717, 1.165) is 18.3 Å². The van der Waals surface area contributed by atoms with E-state index in [1.807, 2.05) is 6.07 Å². The molecular weight excluding hydrogens is 337 g/mol. The molecule has 2 atom stereocenters. The molecule has 0 aliphatic heterocycles. The molecule has 150 valence electrons. The van der Waals surface area contributed by atoms with Gasteiger partial charge in [-0.15, -0.1) is 0 Å². The van der Waals surface area contributed by atoms with Crippen molar-refractivity contribution in [1.29, 1.82) is 5.26 Å². The van der Waals surface area contributed by atoms with E-state index in [-0.39, 0.29) is 5.75 Å². The quantitative estimate of drug-likeness (QED) is 0.357. The summed E-state index contributed by atoms with van der Waals surface area (Å²) >= 11 is 0. The lowest BCUT2D eigenvalue weighted by Gasteiger charge is -2.32. The molecule has 1 aliphatic carbocycles. The molecule has 0 amide bonds. The Bertz CT molecular complexity index is 580. The molecule has 1 saturated carbocycles. The van der Waals surface area contributed by atoms with E-state index >= 15 is 0 Å². The number of ether oxygens (including phenoxy) is 1. The Balaban J connectivity index is 1.66. The number of halogens is 1. The molecule has 0 aromatic heterocycles. The Kier molecular flexibility index (Phi) is 10.3. The monoisotopic (exact) mass is 373 g/mol. The summed E-state index contributed by atoms with van der Waals surface area (Å²) < 4.78 is 19.5. The minimum absolute atomic E-state index is 0.265. The molecule has 2 nitrogen and oxygen atoms in total. The van der Waals surface area contributed by atoms with Crippen LogP contribution in [0.2, 0.25) is 0 Å². The summed E-state index contributed by atoms with van der Waals surface area (Å²) in [5.74, 6) is 1.54. The molecule has 1 aromatic rings. The van der Waals surface area contributed by atoms with Crippen LogP contribution in [0, 0.1) is 29.0 Å². The number of nitriles is 1. The van der Waals surface area contributed by atoms with Crippen LogP contribution in [0.15, 0.2) is 18.2 Å². The second-order valence-corrected chi connectivity index (χ2v) is 8.11. The van der Waals surface area contributed by atoms with Crippen molar-refractivity contribution in [2.45, 2.75) is 90.4 Å². The fourth-order valence-corrected chi connectivity index (χ4v) is 4.45. The number of hydrogen-bond donors (Lipinski definition) is 0. The Morgan fingerprint density at radius 2 is 1.67 bits per heavy atom.